The smallest absolute Gasteiger partial charge is 0.117 e. The lowest BCUT2D eigenvalue weighted by Gasteiger charge is -2.15. The first-order valence-corrected chi connectivity index (χ1v) is 7.61. The van der Waals surface area contributed by atoms with Crippen LogP contribution in [0, 0.1) is 5.92 Å². The van der Waals surface area contributed by atoms with E-state index in [4.69, 9.17) is 5.11 Å². The number of aromatic nitrogens is 3. The van der Waals surface area contributed by atoms with Crippen LogP contribution in [0.2, 0.25) is 0 Å². The molecule has 0 aliphatic carbocycles. The van der Waals surface area contributed by atoms with Crippen LogP contribution in [0.4, 0.5) is 0 Å². The first-order valence-electron chi connectivity index (χ1n) is 7.61. The molecule has 1 heterocycles. The molecule has 1 aromatic carbocycles. The third-order valence-electron chi connectivity index (χ3n) is 3.63. The number of benzene rings is 1. The summed E-state index contributed by atoms with van der Waals surface area (Å²) >= 11 is 0. The molecule has 0 saturated heterocycles. The SMILES string of the molecule is CCCC(CCO)CNCc1n[nH]nc1-c1ccccc1. The minimum Gasteiger partial charge on any atom is -0.396 e. The number of aliphatic hydroxyl groups excluding tert-OH is 1. The fourth-order valence-electron chi connectivity index (χ4n) is 2.54. The largest absolute Gasteiger partial charge is 0.396 e. The Hall–Kier alpha value is -1.72. The van der Waals surface area contributed by atoms with Gasteiger partial charge in [-0.1, -0.05) is 43.7 Å². The van der Waals surface area contributed by atoms with E-state index in [1.807, 2.05) is 30.3 Å². The quantitative estimate of drug-likeness (QED) is 0.662. The van der Waals surface area contributed by atoms with Crippen LogP contribution < -0.4 is 5.32 Å². The van der Waals surface area contributed by atoms with E-state index < -0.39 is 0 Å². The second-order valence-corrected chi connectivity index (χ2v) is 5.28. The average molecular weight is 288 g/mol. The molecule has 0 fully saturated rings. The number of nitrogens with one attached hydrogen (secondary N) is 2. The topological polar surface area (TPSA) is 73.8 Å². The zero-order chi connectivity index (χ0) is 14.9. The molecule has 0 amide bonds. The molecule has 1 atom stereocenters. The highest BCUT2D eigenvalue weighted by Crippen LogP contribution is 2.19. The van der Waals surface area contributed by atoms with Gasteiger partial charge in [0.15, 0.2) is 0 Å². The lowest BCUT2D eigenvalue weighted by atomic mass is 10.0. The number of hydrogen-bond acceptors (Lipinski definition) is 4. The van der Waals surface area contributed by atoms with E-state index >= 15 is 0 Å². The molecule has 3 N–H and O–H groups in total. The number of nitrogens with zero attached hydrogens (tertiary/aromatic N) is 2. The van der Waals surface area contributed by atoms with Crippen molar-refractivity contribution < 1.29 is 5.11 Å². The molecule has 2 rings (SSSR count). The van der Waals surface area contributed by atoms with Crippen LogP contribution >= 0.6 is 0 Å². The van der Waals surface area contributed by atoms with Gasteiger partial charge in [-0.15, -0.1) is 0 Å². The van der Waals surface area contributed by atoms with Crippen LogP contribution in [0.5, 0.6) is 0 Å². The van der Waals surface area contributed by atoms with Crippen molar-refractivity contribution in [1.82, 2.24) is 20.7 Å². The molecular weight excluding hydrogens is 264 g/mol. The van der Waals surface area contributed by atoms with Crippen LogP contribution in [0.25, 0.3) is 11.3 Å². The molecule has 0 saturated carbocycles. The fourth-order valence-corrected chi connectivity index (χ4v) is 2.54. The van der Waals surface area contributed by atoms with Crippen molar-refractivity contribution in [2.24, 2.45) is 5.92 Å². The maximum atomic E-state index is 9.08. The molecule has 114 valence electrons. The monoisotopic (exact) mass is 288 g/mol. The first kappa shape index (κ1) is 15.7. The Bertz CT molecular complexity index is 506. The second kappa shape index (κ2) is 8.54. The van der Waals surface area contributed by atoms with Gasteiger partial charge in [-0.05, 0) is 25.3 Å². The van der Waals surface area contributed by atoms with E-state index in [-0.39, 0.29) is 6.61 Å². The predicted molar refractivity (Wildman–Crippen MR) is 83.6 cm³/mol. The van der Waals surface area contributed by atoms with Crippen molar-refractivity contribution in [2.75, 3.05) is 13.2 Å². The Labute approximate surface area is 125 Å². The van der Waals surface area contributed by atoms with Crippen molar-refractivity contribution >= 4 is 0 Å². The van der Waals surface area contributed by atoms with Gasteiger partial charge >= 0.3 is 0 Å². The Morgan fingerprint density at radius 2 is 2.00 bits per heavy atom. The molecule has 5 nitrogen and oxygen atoms in total. The van der Waals surface area contributed by atoms with Crippen molar-refractivity contribution in [3.8, 4) is 11.3 Å². The molecule has 2 aromatic rings. The van der Waals surface area contributed by atoms with Crippen LogP contribution in [-0.2, 0) is 6.54 Å². The summed E-state index contributed by atoms with van der Waals surface area (Å²) < 4.78 is 0. The maximum Gasteiger partial charge on any atom is 0.117 e. The van der Waals surface area contributed by atoms with E-state index in [9.17, 15) is 0 Å². The average Bonchev–Trinajstić information content (AvgIpc) is 2.97. The van der Waals surface area contributed by atoms with Gasteiger partial charge in [-0.2, -0.15) is 15.4 Å². The third-order valence-corrected chi connectivity index (χ3v) is 3.63. The van der Waals surface area contributed by atoms with E-state index in [1.165, 1.54) is 0 Å². The molecule has 1 unspecified atom stereocenters. The van der Waals surface area contributed by atoms with E-state index in [0.717, 1.165) is 42.8 Å². The number of aliphatic hydroxyl groups is 1. The van der Waals surface area contributed by atoms with Crippen molar-refractivity contribution in [3.05, 3.63) is 36.0 Å². The summed E-state index contributed by atoms with van der Waals surface area (Å²) in [5, 5.41) is 23.7. The molecule has 21 heavy (non-hydrogen) atoms. The highest BCUT2D eigenvalue weighted by molar-refractivity contribution is 5.60. The van der Waals surface area contributed by atoms with Crippen LogP contribution in [0.15, 0.2) is 30.3 Å². The third kappa shape index (κ3) is 4.65. The molecule has 0 aliphatic heterocycles. The summed E-state index contributed by atoms with van der Waals surface area (Å²) in [6, 6.07) is 10.1. The Morgan fingerprint density at radius 1 is 1.19 bits per heavy atom. The number of H-pyrrole nitrogens is 1. The van der Waals surface area contributed by atoms with E-state index in [0.29, 0.717) is 12.5 Å². The van der Waals surface area contributed by atoms with E-state index in [2.05, 4.69) is 27.7 Å². The van der Waals surface area contributed by atoms with Crippen LogP contribution in [0.1, 0.15) is 31.9 Å². The molecule has 5 heteroatoms. The predicted octanol–water partition coefficient (Wildman–Crippen LogP) is 2.36. The van der Waals surface area contributed by atoms with Gasteiger partial charge in [0.1, 0.15) is 11.4 Å². The summed E-state index contributed by atoms with van der Waals surface area (Å²) in [5.41, 5.74) is 2.90. The van der Waals surface area contributed by atoms with Gasteiger partial charge in [0.2, 0.25) is 0 Å². The van der Waals surface area contributed by atoms with E-state index in [1.54, 1.807) is 0 Å². The van der Waals surface area contributed by atoms with Gasteiger partial charge in [0.05, 0.1) is 0 Å². The number of aromatic amines is 1. The van der Waals surface area contributed by atoms with Crippen molar-refractivity contribution in [2.45, 2.75) is 32.7 Å². The lowest BCUT2D eigenvalue weighted by molar-refractivity contribution is 0.248. The number of hydrogen-bond donors (Lipinski definition) is 3. The minimum absolute atomic E-state index is 0.256. The van der Waals surface area contributed by atoms with Crippen LogP contribution in [-0.4, -0.2) is 33.7 Å². The van der Waals surface area contributed by atoms with Gasteiger partial charge in [-0.3, -0.25) is 0 Å². The molecule has 0 radical (unpaired) electrons. The molecule has 0 aliphatic rings. The van der Waals surface area contributed by atoms with Crippen molar-refractivity contribution in [3.63, 3.8) is 0 Å². The lowest BCUT2D eigenvalue weighted by Crippen LogP contribution is -2.23. The van der Waals surface area contributed by atoms with Crippen LogP contribution in [0.3, 0.4) is 0 Å². The molecule has 0 bridgehead atoms. The highest BCUT2D eigenvalue weighted by Gasteiger charge is 2.11. The Kier molecular flexibility index (Phi) is 6.37. The van der Waals surface area contributed by atoms with Gasteiger partial charge in [-0.25, -0.2) is 0 Å². The van der Waals surface area contributed by atoms with Gasteiger partial charge in [0, 0.05) is 18.7 Å². The second-order valence-electron chi connectivity index (χ2n) is 5.28. The zero-order valence-corrected chi connectivity index (χ0v) is 12.5. The highest BCUT2D eigenvalue weighted by atomic mass is 16.3. The van der Waals surface area contributed by atoms with Gasteiger partial charge in [0.25, 0.3) is 0 Å². The first-order chi connectivity index (χ1) is 10.3. The zero-order valence-electron chi connectivity index (χ0n) is 12.5. The fraction of sp³-hybridized carbons (Fsp3) is 0.500. The molecule has 0 spiro atoms. The Morgan fingerprint density at radius 3 is 2.71 bits per heavy atom. The summed E-state index contributed by atoms with van der Waals surface area (Å²) in [7, 11) is 0. The molecular formula is C16H24N4O. The minimum atomic E-state index is 0.256. The number of rotatable bonds is 9. The standard InChI is InChI=1S/C16H24N4O/c1-2-6-13(9-10-21)11-17-12-15-16(19-20-18-15)14-7-4-3-5-8-14/h3-5,7-8,13,17,21H,2,6,9-12H2,1H3,(H,18,19,20). The summed E-state index contributed by atoms with van der Waals surface area (Å²) in [4.78, 5) is 0. The summed E-state index contributed by atoms with van der Waals surface area (Å²) in [6.07, 6.45) is 3.13. The summed E-state index contributed by atoms with van der Waals surface area (Å²) in [5.74, 6) is 0.520. The summed E-state index contributed by atoms with van der Waals surface area (Å²) in [6.45, 7) is 4.02. The Balaban J connectivity index is 1.91. The molecule has 1 aromatic heterocycles. The van der Waals surface area contributed by atoms with Crippen molar-refractivity contribution in [1.29, 1.82) is 0 Å². The van der Waals surface area contributed by atoms with Gasteiger partial charge < -0.3 is 10.4 Å². The normalized spacial score (nSPS) is 12.5. The maximum absolute atomic E-state index is 9.08.